The Bertz CT molecular complexity index is 493. The first-order valence-corrected chi connectivity index (χ1v) is 6.89. The van der Waals surface area contributed by atoms with Crippen LogP contribution in [0.2, 0.25) is 0 Å². The standard InChI is InChI=1S/C13H15BrN2O3/c14-10-3-1-2-4-11(10)16-7-5-9(13(16)19)12(18)15-6-8-17/h1-4,9,17H,5-8H2,(H,15,18). The summed E-state index contributed by atoms with van der Waals surface area (Å²) in [6.45, 7) is 0.580. The maximum Gasteiger partial charge on any atom is 0.239 e. The molecule has 5 nitrogen and oxygen atoms in total. The van der Waals surface area contributed by atoms with Gasteiger partial charge in [-0.05, 0) is 34.5 Å². The summed E-state index contributed by atoms with van der Waals surface area (Å²) >= 11 is 3.41. The highest BCUT2D eigenvalue weighted by Crippen LogP contribution is 2.31. The molecule has 1 heterocycles. The molecule has 0 radical (unpaired) electrons. The van der Waals surface area contributed by atoms with Crippen molar-refractivity contribution in [2.24, 2.45) is 5.92 Å². The van der Waals surface area contributed by atoms with Crippen LogP contribution in [-0.4, -0.2) is 36.6 Å². The van der Waals surface area contributed by atoms with Crippen LogP contribution in [-0.2, 0) is 9.59 Å². The maximum atomic E-state index is 12.2. The predicted octanol–water partition coefficient (Wildman–Crippen LogP) is 0.910. The fraction of sp³-hybridized carbons (Fsp3) is 0.385. The van der Waals surface area contributed by atoms with Crippen molar-refractivity contribution in [2.45, 2.75) is 6.42 Å². The molecule has 1 fully saturated rings. The summed E-state index contributed by atoms with van der Waals surface area (Å²) in [7, 11) is 0. The summed E-state index contributed by atoms with van der Waals surface area (Å²) in [5.74, 6) is -1.16. The Morgan fingerprint density at radius 1 is 1.47 bits per heavy atom. The number of nitrogens with zero attached hydrogens (tertiary/aromatic N) is 1. The van der Waals surface area contributed by atoms with E-state index in [1.54, 1.807) is 4.90 Å². The van der Waals surface area contributed by atoms with Gasteiger partial charge in [-0.2, -0.15) is 0 Å². The number of benzene rings is 1. The lowest BCUT2D eigenvalue weighted by molar-refractivity contribution is -0.132. The highest BCUT2D eigenvalue weighted by Gasteiger charge is 2.37. The zero-order valence-corrected chi connectivity index (χ0v) is 11.9. The average molecular weight is 327 g/mol. The van der Waals surface area contributed by atoms with Gasteiger partial charge < -0.3 is 15.3 Å². The van der Waals surface area contributed by atoms with E-state index in [1.165, 1.54) is 0 Å². The number of anilines is 1. The van der Waals surface area contributed by atoms with Gasteiger partial charge in [0.25, 0.3) is 0 Å². The molecule has 102 valence electrons. The lowest BCUT2D eigenvalue weighted by atomic mass is 10.1. The molecule has 1 saturated heterocycles. The number of aliphatic hydroxyl groups excluding tert-OH is 1. The molecule has 2 amide bonds. The summed E-state index contributed by atoms with van der Waals surface area (Å²) in [6, 6.07) is 7.43. The highest BCUT2D eigenvalue weighted by molar-refractivity contribution is 9.10. The van der Waals surface area contributed by atoms with E-state index in [-0.39, 0.29) is 25.0 Å². The Kier molecular flexibility index (Phi) is 4.55. The first kappa shape index (κ1) is 14.0. The minimum absolute atomic E-state index is 0.124. The van der Waals surface area contributed by atoms with Gasteiger partial charge in [-0.25, -0.2) is 0 Å². The molecule has 2 N–H and O–H groups in total. The smallest absolute Gasteiger partial charge is 0.239 e. The summed E-state index contributed by atoms with van der Waals surface area (Å²) < 4.78 is 0.833. The molecule has 0 bridgehead atoms. The zero-order chi connectivity index (χ0) is 13.8. The predicted molar refractivity (Wildman–Crippen MR) is 74.7 cm³/mol. The molecule has 0 aromatic heterocycles. The molecule has 0 aliphatic carbocycles. The number of aliphatic hydroxyl groups is 1. The molecule has 1 unspecified atom stereocenters. The van der Waals surface area contributed by atoms with Gasteiger partial charge in [0.2, 0.25) is 11.8 Å². The van der Waals surface area contributed by atoms with Gasteiger partial charge in [0.1, 0.15) is 5.92 Å². The van der Waals surface area contributed by atoms with Crippen molar-refractivity contribution in [1.29, 1.82) is 0 Å². The molecule has 1 atom stereocenters. The SMILES string of the molecule is O=C(NCCO)C1CCN(c2ccccc2Br)C1=O. The van der Waals surface area contributed by atoms with Crippen molar-refractivity contribution in [1.82, 2.24) is 5.32 Å². The molecular weight excluding hydrogens is 312 g/mol. The molecule has 0 spiro atoms. The van der Waals surface area contributed by atoms with Crippen LogP contribution in [0.25, 0.3) is 0 Å². The summed E-state index contributed by atoms with van der Waals surface area (Å²) in [5.41, 5.74) is 0.782. The van der Waals surface area contributed by atoms with E-state index in [0.29, 0.717) is 13.0 Å². The van der Waals surface area contributed by atoms with E-state index in [0.717, 1.165) is 10.2 Å². The number of carbonyl (C=O) groups excluding carboxylic acids is 2. The number of nitrogens with one attached hydrogen (secondary N) is 1. The van der Waals surface area contributed by atoms with E-state index < -0.39 is 5.92 Å². The van der Waals surface area contributed by atoms with E-state index in [4.69, 9.17) is 5.11 Å². The Morgan fingerprint density at radius 3 is 2.89 bits per heavy atom. The number of amides is 2. The van der Waals surface area contributed by atoms with Crippen LogP contribution in [0.4, 0.5) is 5.69 Å². The monoisotopic (exact) mass is 326 g/mol. The van der Waals surface area contributed by atoms with Crippen molar-refractivity contribution in [3.8, 4) is 0 Å². The van der Waals surface area contributed by atoms with Crippen LogP contribution < -0.4 is 10.2 Å². The van der Waals surface area contributed by atoms with Gasteiger partial charge in [-0.3, -0.25) is 9.59 Å². The molecular formula is C13H15BrN2O3. The Balaban J connectivity index is 2.10. The van der Waals surface area contributed by atoms with Crippen LogP contribution in [0.5, 0.6) is 0 Å². The minimum atomic E-state index is -0.654. The second-order valence-corrected chi connectivity index (χ2v) is 5.15. The Morgan fingerprint density at radius 2 is 2.21 bits per heavy atom. The third kappa shape index (κ3) is 2.96. The number of halogens is 1. The highest BCUT2D eigenvalue weighted by atomic mass is 79.9. The maximum absolute atomic E-state index is 12.2. The molecule has 0 saturated carbocycles. The van der Waals surface area contributed by atoms with Crippen LogP contribution in [0.1, 0.15) is 6.42 Å². The quantitative estimate of drug-likeness (QED) is 0.808. The largest absolute Gasteiger partial charge is 0.395 e. The van der Waals surface area contributed by atoms with E-state index >= 15 is 0 Å². The third-order valence-corrected chi connectivity index (χ3v) is 3.75. The van der Waals surface area contributed by atoms with Gasteiger partial charge in [0.15, 0.2) is 0 Å². The molecule has 1 aromatic rings. The molecule has 19 heavy (non-hydrogen) atoms. The zero-order valence-electron chi connectivity index (χ0n) is 10.3. The molecule has 1 aromatic carbocycles. The number of hydrogen-bond donors (Lipinski definition) is 2. The first-order chi connectivity index (χ1) is 9.15. The second kappa shape index (κ2) is 6.16. The van der Waals surface area contributed by atoms with Gasteiger partial charge in [0, 0.05) is 17.6 Å². The van der Waals surface area contributed by atoms with Gasteiger partial charge in [0.05, 0.1) is 12.3 Å². The number of rotatable bonds is 4. The lowest BCUT2D eigenvalue weighted by Gasteiger charge is -2.18. The first-order valence-electron chi connectivity index (χ1n) is 6.09. The van der Waals surface area contributed by atoms with E-state index in [1.807, 2.05) is 24.3 Å². The number of para-hydroxylation sites is 1. The fourth-order valence-electron chi connectivity index (χ4n) is 2.14. The normalized spacial score (nSPS) is 18.7. The van der Waals surface area contributed by atoms with Crippen molar-refractivity contribution in [2.75, 3.05) is 24.6 Å². The van der Waals surface area contributed by atoms with Crippen molar-refractivity contribution in [3.05, 3.63) is 28.7 Å². The topological polar surface area (TPSA) is 69.6 Å². The molecule has 2 rings (SSSR count). The Hall–Kier alpha value is -1.40. The van der Waals surface area contributed by atoms with Gasteiger partial charge in [-0.1, -0.05) is 12.1 Å². The van der Waals surface area contributed by atoms with E-state index in [2.05, 4.69) is 21.2 Å². The van der Waals surface area contributed by atoms with Crippen LogP contribution in [0, 0.1) is 5.92 Å². The van der Waals surface area contributed by atoms with Crippen molar-refractivity contribution >= 4 is 33.4 Å². The van der Waals surface area contributed by atoms with Gasteiger partial charge >= 0.3 is 0 Å². The fourth-order valence-corrected chi connectivity index (χ4v) is 2.63. The molecule has 6 heteroatoms. The minimum Gasteiger partial charge on any atom is -0.395 e. The lowest BCUT2D eigenvalue weighted by Crippen LogP contribution is -2.38. The van der Waals surface area contributed by atoms with Crippen molar-refractivity contribution < 1.29 is 14.7 Å². The summed E-state index contributed by atoms with van der Waals surface area (Å²) in [4.78, 5) is 25.7. The number of carbonyl (C=O) groups is 2. The molecule has 1 aliphatic heterocycles. The van der Waals surface area contributed by atoms with Crippen LogP contribution in [0.15, 0.2) is 28.7 Å². The summed E-state index contributed by atoms with van der Waals surface area (Å²) in [6.07, 6.45) is 0.497. The van der Waals surface area contributed by atoms with E-state index in [9.17, 15) is 9.59 Å². The Labute approximate surface area is 119 Å². The van der Waals surface area contributed by atoms with Gasteiger partial charge in [-0.15, -0.1) is 0 Å². The van der Waals surface area contributed by atoms with Crippen molar-refractivity contribution in [3.63, 3.8) is 0 Å². The van der Waals surface area contributed by atoms with Crippen LogP contribution >= 0.6 is 15.9 Å². The second-order valence-electron chi connectivity index (χ2n) is 4.30. The van der Waals surface area contributed by atoms with Crippen LogP contribution in [0.3, 0.4) is 0 Å². The third-order valence-electron chi connectivity index (χ3n) is 3.08. The summed E-state index contributed by atoms with van der Waals surface area (Å²) in [5, 5.41) is 11.2. The average Bonchev–Trinajstić information content (AvgIpc) is 2.78. The molecule has 1 aliphatic rings. The number of hydrogen-bond acceptors (Lipinski definition) is 3.